The van der Waals surface area contributed by atoms with Gasteiger partial charge in [0.05, 0.1) is 0 Å². The second-order valence-electron chi connectivity index (χ2n) is 4.81. The zero-order valence-corrected chi connectivity index (χ0v) is 10.8. The van der Waals surface area contributed by atoms with Crippen molar-refractivity contribution in [3.8, 4) is 5.75 Å². The first-order valence-electron chi connectivity index (χ1n) is 6.36. The van der Waals surface area contributed by atoms with Gasteiger partial charge in [-0.3, -0.25) is 4.90 Å². The molecule has 0 saturated heterocycles. The Hall–Kier alpha value is -1.06. The van der Waals surface area contributed by atoms with Crippen LogP contribution in [0.5, 0.6) is 5.75 Å². The monoisotopic (exact) mass is 234 g/mol. The largest absolute Gasteiger partial charge is 0.492 e. The number of hydrogen-bond donors (Lipinski definition) is 1. The molecule has 17 heavy (non-hydrogen) atoms. The predicted octanol–water partition coefficient (Wildman–Crippen LogP) is 1.85. The number of aryl methyl sites for hydroxylation is 2. The van der Waals surface area contributed by atoms with Crippen molar-refractivity contribution >= 4 is 0 Å². The fourth-order valence-electron chi connectivity index (χ4n) is 2.22. The number of ether oxygens (including phenoxy) is 1. The predicted molar refractivity (Wildman–Crippen MR) is 70.4 cm³/mol. The van der Waals surface area contributed by atoms with E-state index in [1.54, 1.807) is 0 Å². The number of fused-ring (bicyclic) bond motifs is 1. The Morgan fingerprint density at radius 1 is 1.29 bits per heavy atom. The van der Waals surface area contributed by atoms with Gasteiger partial charge in [0.1, 0.15) is 12.4 Å². The molecule has 0 unspecified atom stereocenters. The molecule has 94 valence electrons. The van der Waals surface area contributed by atoms with E-state index in [0.29, 0.717) is 0 Å². The highest BCUT2D eigenvalue weighted by Gasteiger charge is 2.15. The highest BCUT2D eigenvalue weighted by molar-refractivity contribution is 5.42. The van der Waals surface area contributed by atoms with E-state index in [1.807, 2.05) is 0 Å². The molecule has 1 aliphatic rings. The topological polar surface area (TPSA) is 38.5 Å². The second kappa shape index (κ2) is 5.52. The van der Waals surface area contributed by atoms with Gasteiger partial charge < -0.3 is 10.5 Å². The Labute approximate surface area is 104 Å². The number of rotatable bonds is 3. The molecular formula is C14H22N2O. The summed E-state index contributed by atoms with van der Waals surface area (Å²) >= 11 is 0. The summed E-state index contributed by atoms with van der Waals surface area (Å²) in [5, 5.41) is 0. The van der Waals surface area contributed by atoms with Crippen LogP contribution in [0.15, 0.2) is 12.1 Å². The minimum atomic E-state index is 0.761. The summed E-state index contributed by atoms with van der Waals surface area (Å²) in [5.41, 5.74) is 9.52. The summed E-state index contributed by atoms with van der Waals surface area (Å²) in [5.74, 6) is 1.06. The van der Waals surface area contributed by atoms with Crippen molar-refractivity contribution in [1.29, 1.82) is 0 Å². The molecule has 1 aromatic carbocycles. The van der Waals surface area contributed by atoms with E-state index in [4.69, 9.17) is 10.5 Å². The van der Waals surface area contributed by atoms with Crippen LogP contribution >= 0.6 is 0 Å². The molecule has 0 spiro atoms. The Bertz CT molecular complexity index is 390. The van der Waals surface area contributed by atoms with Crippen molar-refractivity contribution in [3.05, 3.63) is 28.8 Å². The summed E-state index contributed by atoms with van der Waals surface area (Å²) in [7, 11) is 0. The number of nitrogens with two attached hydrogens (primary N) is 1. The van der Waals surface area contributed by atoms with Gasteiger partial charge in [0.25, 0.3) is 0 Å². The molecule has 0 saturated carbocycles. The lowest BCUT2D eigenvalue weighted by Gasteiger charge is -2.18. The van der Waals surface area contributed by atoms with Crippen molar-refractivity contribution in [2.24, 2.45) is 5.73 Å². The van der Waals surface area contributed by atoms with E-state index in [0.717, 1.165) is 45.0 Å². The smallest absolute Gasteiger partial charge is 0.124 e. The van der Waals surface area contributed by atoms with Gasteiger partial charge in [0, 0.05) is 18.7 Å². The van der Waals surface area contributed by atoms with Crippen LogP contribution < -0.4 is 10.5 Å². The maximum atomic E-state index is 5.82. The van der Waals surface area contributed by atoms with Crippen molar-refractivity contribution in [2.45, 2.75) is 26.8 Å². The van der Waals surface area contributed by atoms with Crippen LogP contribution in [0.3, 0.4) is 0 Å². The third-order valence-electron chi connectivity index (χ3n) is 3.41. The Morgan fingerprint density at radius 2 is 2.06 bits per heavy atom. The minimum Gasteiger partial charge on any atom is -0.492 e. The second-order valence-corrected chi connectivity index (χ2v) is 4.81. The first-order valence-corrected chi connectivity index (χ1v) is 6.36. The normalized spacial score (nSPS) is 16.2. The van der Waals surface area contributed by atoms with E-state index in [9.17, 15) is 0 Å². The number of nitrogens with zero attached hydrogens (tertiary/aromatic N) is 1. The van der Waals surface area contributed by atoms with Crippen molar-refractivity contribution in [1.82, 2.24) is 4.90 Å². The summed E-state index contributed by atoms with van der Waals surface area (Å²) in [6.45, 7) is 8.87. The Kier molecular flexibility index (Phi) is 4.02. The van der Waals surface area contributed by atoms with Gasteiger partial charge in [-0.1, -0.05) is 6.07 Å². The van der Waals surface area contributed by atoms with Crippen LogP contribution in [-0.4, -0.2) is 31.1 Å². The molecule has 1 aliphatic heterocycles. The van der Waals surface area contributed by atoms with Crippen LogP contribution in [0.1, 0.15) is 23.1 Å². The molecule has 0 fully saturated rings. The molecule has 0 aromatic heterocycles. The fourth-order valence-corrected chi connectivity index (χ4v) is 2.22. The lowest BCUT2D eigenvalue weighted by molar-refractivity contribution is 0.225. The standard InChI is InChI=1S/C14H22N2O/c1-11-8-13-10-16(5-3-4-15)6-7-17-14(13)9-12(11)2/h8-9H,3-7,10,15H2,1-2H3. The molecule has 2 rings (SSSR count). The van der Waals surface area contributed by atoms with Crippen molar-refractivity contribution in [3.63, 3.8) is 0 Å². The van der Waals surface area contributed by atoms with Crippen LogP contribution in [0.4, 0.5) is 0 Å². The Morgan fingerprint density at radius 3 is 2.82 bits per heavy atom. The number of benzene rings is 1. The average molecular weight is 234 g/mol. The summed E-state index contributed by atoms with van der Waals surface area (Å²) in [4.78, 5) is 2.42. The zero-order chi connectivity index (χ0) is 12.3. The molecule has 1 heterocycles. The molecule has 0 amide bonds. The molecule has 0 atom stereocenters. The lowest BCUT2D eigenvalue weighted by atomic mass is 10.0. The van der Waals surface area contributed by atoms with Crippen LogP contribution in [0.2, 0.25) is 0 Å². The van der Waals surface area contributed by atoms with Crippen LogP contribution in [-0.2, 0) is 6.54 Å². The van der Waals surface area contributed by atoms with E-state index in [-0.39, 0.29) is 0 Å². The van der Waals surface area contributed by atoms with E-state index in [2.05, 4.69) is 30.9 Å². The summed E-state index contributed by atoms with van der Waals surface area (Å²) in [6, 6.07) is 4.42. The van der Waals surface area contributed by atoms with Gasteiger partial charge in [0.15, 0.2) is 0 Å². The van der Waals surface area contributed by atoms with E-state index < -0.39 is 0 Å². The maximum absolute atomic E-state index is 5.82. The molecule has 0 radical (unpaired) electrons. The molecule has 2 N–H and O–H groups in total. The lowest BCUT2D eigenvalue weighted by Crippen LogP contribution is -2.28. The van der Waals surface area contributed by atoms with Crippen LogP contribution in [0, 0.1) is 13.8 Å². The molecule has 1 aromatic rings. The van der Waals surface area contributed by atoms with Crippen molar-refractivity contribution < 1.29 is 4.74 Å². The highest BCUT2D eigenvalue weighted by Crippen LogP contribution is 2.26. The van der Waals surface area contributed by atoms with Gasteiger partial charge in [-0.2, -0.15) is 0 Å². The summed E-state index contributed by atoms with van der Waals surface area (Å²) in [6.07, 6.45) is 1.06. The minimum absolute atomic E-state index is 0.761. The van der Waals surface area contributed by atoms with E-state index in [1.165, 1.54) is 16.7 Å². The molecule has 3 nitrogen and oxygen atoms in total. The zero-order valence-electron chi connectivity index (χ0n) is 10.8. The third-order valence-corrected chi connectivity index (χ3v) is 3.41. The molecule has 0 bridgehead atoms. The first kappa shape index (κ1) is 12.4. The van der Waals surface area contributed by atoms with Gasteiger partial charge in [0.2, 0.25) is 0 Å². The molecule has 3 heteroatoms. The van der Waals surface area contributed by atoms with Crippen LogP contribution in [0.25, 0.3) is 0 Å². The van der Waals surface area contributed by atoms with Gasteiger partial charge >= 0.3 is 0 Å². The quantitative estimate of drug-likeness (QED) is 0.867. The SMILES string of the molecule is Cc1cc2c(cc1C)OCCN(CCCN)C2. The first-order chi connectivity index (χ1) is 8.20. The fraction of sp³-hybridized carbons (Fsp3) is 0.571. The van der Waals surface area contributed by atoms with Gasteiger partial charge in [-0.25, -0.2) is 0 Å². The maximum Gasteiger partial charge on any atom is 0.124 e. The van der Waals surface area contributed by atoms with Gasteiger partial charge in [-0.05, 0) is 50.6 Å². The Balaban J connectivity index is 2.16. The van der Waals surface area contributed by atoms with Gasteiger partial charge in [-0.15, -0.1) is 0 Å². The van der Waals surface area contributed by atoms with Crippen molar-refractivity contribution in [2.75, 3.05) is 26.2 Å². The summed E-state index contributed by atoms with van der Waals surface area (Å²) < 4.78 is 5.82. The number of hydrogen-bond acceptors (Lipinski definition) is 3. The average Bonchev–Trinajstić information content (AvgIpc) is 2.49. The van der Waals surface area contributed by atoms with E-state index >= 15 is 0 Å². The molecular weight excluding hydrogens is 212 g/mol. The third kappa shape index (κ3) is 2.99. The highest BCUT2D eigenvalue weighted by atomic mass is 16.5. The molecule has 0 aliphatic carbocycles.